The van der Waals surface area contributed by atoms with Gasteiger partial charge in [-0.05, 0) is 62.8 Å². The Kier molecular flexibility index (Phi) is 7.14. The minimum Gasteiger partial charge on any atom is -0.490 e. The fraction of sp³-hybridized carbons (Fsp3) is 0.455. The van der Waals surface area contributed by atoms with Crippen LogP contribution in [0, 0.1) is 0 Å². The number of esters is 1. The van der Waals surface area contributed by atoms with Gasteiger partial charge in [0.15, 0.2) is 11.5 Å². The third-order valence-corrected chi connectivity index (χ3v) is 5.99. The molecular weight excluding hydrogens is 390 g/mol. The number of anilines is 1. The van der Waals surface area contributed by atoms with Gasteiger partial charge in [0.2, 0.25) is 5.91 Å². The fourth-order valence-corrected chi connectivity index (χ4v) is 4.83. The SMILES string of the molecule is CCOc1ccc(CC(=O)Nc2sc3c(c2C(=O)OC)CCCC3)cc1OCC. The number of aryl methyl sites for hydroxylation is 1. The molecule has 0 aliphatic heterocycles. The van der Waals surface area contributed by atoms with Crippen LogP contribution < -0.4 is 14.8 Å². The van der Waals surface area contributed by atoms with Gasteiger partial charge >= 0.3 is 5.97 Å². The van der Waals surface area contributed by atoms with E-state index in [1.54, 1.807) is 0 Å². The Morgan fingerprint density at radius 1 is 1.07 bits per heavy atom. The van der Waals surface area contributed by atoms with Gasteiger partial charge in [-0.15, -0.1) is 11.3 Å². The molecule has 1 N–H and O–H groups in total. The Labute approximate surface area is 175 Å². The van der Waals surface area contributed by atoms with Gasteiger partial charge in [0, 0.05) is 4.88 Å². The van der Waals surface area contributed by atoms with E-state index < -0.39 is 0 Å². The van der Waals surface area contributed by atoms with Crippen LogP contribution in [0.5, 0.6) is 11.5 Å². The van der Waals surface area contributed by atoms with E-state index in [-0.39, 0.29) is 18.3 Å². The average Bonchev–Trinajstić information content (AvgIpc) is 3.07. The molecule has 1 aromatic heterocycles. The van der Waals surface area contributed by atoms with Crippen molar-refractivity contribution in [2.45, 2.75) is 46.0 Å². The van der Waals surface area contributed by atoms with Crippen molar-refractivity contribution in [3.05, 3.63) is 39.8 Å². The quantitative estimate of drug-likeness (QED) is 0.645. The summed E-state index contributed by atoms with van der Waals surface area (Å²) in [6.07, 6.45) is 4.12. The average molecular weight is 418 g/mol. The van der Waals surface area contributed by atoms with Crippen LogP contribution in [0.4, 0.5) is 5.00 Å². The zero-order chi connectivity index (χ0) is 20.8. The maximum Gasteiger partial charge on any atom is 0.341 e. The molecule has 0 atom stereocenters. The molecule has 156 valence electrons. The Balaban J connectivity index is 1.78. The number of methoxy groups -OCH3 is 1. The van der Waals surface area contributed by atoms with Crippen molar-refractivity contribution in [2.24, 2.45) is 0 Å². The van der Waals surface area contributed by atoms with E-state index >= 15 is 0 Å². The van der Waals surface area contributed by atoms with E-state index in [0.717, 1.165) is 36.8 Å². The summed E-state index contributed by atoms with van der Waals surface area (Å²) >= 11 is 1.49. The second-order valence-electron chi connectivity index (χ2n) is 6.78. The van der Waals surface area contributed by atoms with Crippen LogP contribution in [-0.2, 0) is 28.8 Å². The maximum atomic E-state index is 12.7. The summed E-state index contributed by atoms with van der Waals surface area (Å²) in [5.41, 5.74) is 2.36. The molecule has 0 radical (unpaired) electrons. The summed E-state index contributed by atoms with van der Waals surface area (Å²) in [6.45, 7) is 4.87. The molecule has 0 fully saturated rings. The first-order valence-electron chi connectivity index (χ1n) is 9.98. The number of carbonyl (C=O) groups excluding carboxylic acids is 2. The molecule has 0 saturated carbocycles. The van der Waals surface area contributed by atoms with Gasteiger partial charge in [-0.25, -0.2) is 4.79 Å². The number of benzene rings is 1. The standard InChI is InChI=1S/C22H27NO5S/c1-4-27-16-11-10-14(12-17(16)28-5-2)13-19(24)23-21-20(22(25)26-3)15-8-6-7-9-18(15)29-21/h10-12H,4-9,13H2,1-3H3,(H,23,24). The van der Waals surface area contributed by atoms with E-state index in [0.29, 0.717) is 35.3 Å². The van der Waals surface area contributed by atoms with Crippen molar-refractivity contribution in [2.75, 3.05) is 25.6 Å². The number of amides is 1. The minimum absolute atomic E-state index is 0.176. The highest BCUT2D eigenvalue weighted by atomic mass is 32.1. The highest BCUT2D eigenvalue weighted by Gasteiger charge is 2.27. The van der Waals surface area contributed by atoms with Crippen molar-refractivity contribution in [3.8, 4) is 11.5 Å². The second kappa shape index (κ2) is 9.78. The third kappa shape index (κ3) is 4.90. The summed E-state index contributed by atoms with van der Waals surface area (Å²) in [5, 5.41) is 3.52. The topological polar surface area (TPSA) is 73.9 Å². The number of hydrogen-bond donors (Lipinski definition) is 1. The van der Waals surface area contributed by atoms with Crippen LogP contribution in [0.1, 0.15) is 53.1 Å². The zero-order valence-corrected chi connectivity index (χ0v) is 17.9. The first kappa shape index (κ1) is 21.2. The van der Waals surface area contributed by atoms with Gasteiger partial charge < -0.3 is 19.5 Å². The van der Waals surface area contributed by atoms with Crippen molar-refractivity contribution >= 4 is 28.2 Å². The van der Waals surface area contributed by atoms with Gasteiger partial charge in [-0.3, -0.25) is 4.79 Å². The predicted octanol–water partition coefficient (Wildman–Crippen LogP) is 4.39. The van der Waals surface area contributed by atoms with Crippen LogP contribution in [0.3, 0.4) is 0 Å². The van der Waals surface area contributed by atoms with Crippen molar-refractivity contribution < 1.29 is 23.8 Å². The monoisotopic (exact) mass is 417 g/mol. The van der Waals surface area contributed by atoms with Gasteiger partial charge in [0.25, 0.3) is 0 Å². The molecule has 1 aliphatic carbocycles. The fourth-order valence-electron chi connectivity index (χ4n) is 3.53. The molecule has 29 heavy (non-hydrogen) atoms. The lowest BCUT2D eigenvalue weighted by molar-refractivity contribution is -0.115. The molecule has 7 heteroatoms. The molecule has 0 unspecified atom stereocenters. The van der Waals surface area contributed by atoms with E-state index in [1.807, 2.05) is 32.0 Å². The van der Waals surface area contributed by atoms with Gasteiger partial charge in [-0.2, -0.15) is 0 Å². The first-order valence-corrected chi connectivity index (χ1v) is 10.8. The number of thiophene rings is 1. The van der Waals surface area contributed by atoms with Crippen LogP contribution in [0.15, 0.2) is 18.2 Å². The number of ether oxygens (including phenoxy) is 3. The number of nitrogens with one attached hydrogen (secondary N) is 1. The highest BCUT2D eigenvalue weighted by molar-refractivity contribution is 7.17. The van der Waals surface area contributed by atoms with Gasteiger partial charge in [0.1, 0.15) is 5.00 Å². The molecule has 3 rings (SSSR count). The van der Waals surface area contributed by atoms with Gasteiger partial charge in [-0.1, -0.05) is 6.07 Å². The Morgan fingerprint density at radius 2 is 1.79 bits per heavy atom. The number of hydrogen-bond acceptors (Lipinski definition) is 6. The van der Waals surface area contributed by atoms with E-state index in [2.05, 4.69) is 5.32 Å². The van der Waals surface area contributed by atoms with Crippen LogP contribution in [-0.4, -0.2) is 32.2 Å². The molecule has 2 aromatic rings. The lowest BCUT2D eigenvalue weighted by Gasteiger charge is -2.13. The second-order valence-corrected chi connectivity index (χ2v) is 7.88. The predicted molar refractivity (Wildman–Crippen MR) is 113 cm³/mol. The summed E-state index contributed by atoms with van der Waals surface area (Å²) in [7, 11) is 1.37. The molecule has 1 amide bonds. The zero-order valence-electron chi connectivity index (χ0n) is 17.1. The summed E-state index contributed by atoms with van der Waals surface area (Å²) in [5.74, 6) is 0.721. The molecule has 0 bridgehead atoms. The molecule has 0 spiro atoms. The summed E-state index contributed by atoms with van der Waals surface area (Å²) < 4.78 is 16.2. The van der Waals surface area contributed by atoms with E-state index in [9.17, 15) is 9.59 Å². The Hall–Kier alpha value is -2.54. The van der Waals surface area contributed by atoms with Crippen LogP contribution >= 0.6 is 11.3 Å². The molecule has 0 saturated heterocycles. The van der Waals surface area contributed by atoms with Crippen LogP contribution in [0.25, 0.3) is 0 Å². The number of fused-ring (bicyclic) bond motifs is 1. The minimum atomic E-state index is -0.389. The van der Waals surface area contributed by atoms with Crippen molar-refractivity contribution in [1.29, 1.82) is 0 Å². The van der Waals surface area contributed by atoms with E-state index in [4.69, 9.17) is 14.2 Å². The molecule has 1 heterocycles. The Morgan fingerprint density at radius 3 is 2.52 bits per heavy atom. The van der Waals surface area contributed by atoms with Crippen LogP contribution in [0.2, 0.25) is 0 Å². The molecule has 6 nitrogen and oxygen atoms in total. The largest absolute Gasteiger partial charge is 0.490 e. The van der Waals surface area contributed by atoms with Crippen molar-refractivity contribution in [1.82, 2.24) is 0 Å². The lowest BCUT2D eigenvalue weighted by atomic mass is 9.95. The highest BCUT2D eigenvalue weighted by Crippen LogP contribution is 2.38. The molecular formula is C22H27NO5S. The van der Waals surface area contributed by atoms with E-state index in [1.165, 1.54) is 23.3 Å². The number of rotatable bonds is 8. The number of carbonyl (C=O) groups is 2. The molecule has 1 aliphatic rings. The molecule has 1 aromatic carbocycles. The summed E-state index contributed by atoms with van der Waals surface area (Å²) in [6, 6.07) is 5.50. The van der Waals surface area contributed by atoms with Crippen molar-refractivity contribution in [3.63, 3.8) is 0 Å². The smallest absolute Gasteiger partial charge is 0.341 e. The van der Waals surface area contributed by atoms with Gasteiger partial charge in [0.05, 0.1) is 32.3 Å². The maximum absolute atomic E-state index is 12.7. The Bertz CT molecular complexity index is 890. The summed E-state index contributed by atoms with van der Waals surface area (Å²) in [4.78, 5) is 26.2. The third-order valence-electron chi connectivity index (χ3n) is 4.79. The lowest BCUT2D eigenvalue weighted by Crippen LogP contribution is -2.17. The normalized spacial score (nSPS) is 12.8. The first-order chi connectivity index (χ1) is 14.1.